The van der Waals surface area contributed by atoms with Crippen LogP contribution in [0.1, 0.15) is 5.56 Å². The lowest BCUT2D eigenvalue weighted by atomic mass is 10.2. The van der Waals surface area contributed by atoms with Crippen LogP contribution in [0.5, 0.6) is 17.2 Å². The zero-order chi connectivity index (χ0) is 21.1. The maximum Gasteiger partial charge on any atom is 0.215 e. The predicted octanol–water partition coefficient (Wildman–Crippen LogP) is 4.40. The molecule has 0 aliphatic carbocycles. The van der Waals surface area contributed by atoms with Crippen LogP contribution in [0.15, 0.2) is 54.7 Å². The average Bonchev–Trinajstić information content (AvgIpc) is 3.15. The zero-order valence-electron chi connectivity index (χ0n) is 16.8. The third-order valence-corrected chi connectivity index (χ3v) is 4.53. The molecule has 0 radical (unpaired) electrons. The standard InChI is InChI=1S/C22H21N5O3/c1-14-4-7-20(29-3)19(10-14)26-22-24-17-6-5-15(11-18(17)25-22)30-16-8-9-23-21(12-16)27(2)13-28/h4-13H,1-3H3,(H2,24,25,26). The highest BCUT2D eigenvalue weighted by Gasteiger charge is 2.09. The first kappa shape index (κ1) is 19.3. The highest BCUT2D eigenvalue weighted by Crippen LogP contribution is 2.30. The Labute approximate surface area is 173 Å². The van der Waals surface area contributed by atoms with E-state index >= 15 is 0 Å². The molecule has 4 aromatic rings. The fourth-order valence-electron chi connectivity index (χ4n) is 3.00. The molecule has 1 amide bonds. The molecular formula is C22H21N5O3. The number of nitrogens with zero attached hydrogens (tertiary/aromatic N) is 3. The predicted molar refractivity (Wildman–Crippen MR) is 116 cm³/mol. The van der Waals surface area contributed by atoms with Gasteiger partial charge < -0.3 is 24.7 Å². The van der Waals surface area contributed by atoms with Gasteiger partial charge in [0.1, 0.15) is 23.1 Å². The molecule has 0 aliphatic heterocycles. The van der Waals surface area contributed by atoms with E-state index < -0.39 is 0 Å². The Morgan fingerprint density at radius 3 is 2.73 bits per heavy atom. The first-order chi connectivity index (χ1) is 14.6. The van der Waals surface area contributed by atoms with Gasteiger partial charge in [-0.05, 0) is 42.8 Å². The SMILES string of the molecule is COc1ccc(C)cc1Nc1nc2ccc(Oc3ccnc(N(C)C=O)c3)cc2[nH]1. The minimum atomic E-state index is 0.503. The minimum absolute atomic E-state index is 0.503. The van der Waals surface area contributed by atoms with E-state index in [0.29, 0.717) is 29.7 Å². The van der Waals surface area contributed by atoms with Crippen molar-refractivity contribution >= 4 is 34.9 Å². The number of methoxy groups -OCH3 is 1. The lowest BCUT2D eigenvalue weighted by molar-refractivity contribution is -0.107. The number of pyridine rings is 1. The lowest BCUT2D eigenvalue weighted by Crippen LogP contribution is -2.14. The highest BCUT2D eigenvalue weighted by molar-refractivity contribution is 5.80. The Morgan fingerprint density at radius 1 is 1.10 bits per heavy atom. The van der Waals surface area contributed by atoms with Gasteiger partial charge in [0.2, 0.25) is 12.4 Å². The monoisotopic (exact) mass is 403 g/mol. The van der Waals surface area contributed by atoms with E-state index in [1.54, 1.807) is 32.5 Å². The van der Waals surface area contributed by atoms with Gasteiger partial charge in [0.05, 0.1) is 23.8 Å². The van der Waals surface area contributed by atoms with Crippen molar-refractivity contribution < 1.29 is 14.3 Å². The fourth-order valence-corrected chi connectivity index (χ4v) is 3.00. The summed E-state index contributed by atoms with van der Waals surface area (Å²) in [4.78, 5) is 24.3. The van der Waals surface area contributed by atoms with Crippen molar-refractivity contribution in [3.05, 3.63) is 60.3 Å². The molecule has 0 atom stereocenters. The Morgan fingerprint density at radius 2 is 1.93 bits per heavy atom. The third-order valence-electron chi connectivity index (χ3n) is 4.53. The molecule has 0 aliphatic rings. The van der Waals surface area contributed by atoms with Gasteiger partial charge in [0.15, 0.2) is 0 Å². The van der Waals surface area contributed by atoms with Crippen LogP contribution in [0, 0.1) is 6.92 Å². The number of aromatic nitrogens is 3. The summed E-state index contributed by atoms with van der Waals surface area (Å²) in [5, 5.41) is 3.27. The van der Waals surface area contributed by atoms with Crippen LogP contribution in [-0.4, -0.2) is 35.5 Å². The molecule has 0 saturated carbocycles. The number of aromatic amines is 1. The number of anilines is 3. The second-order valence-corrected chi connectivity index (χ2v) is 6.76. The molecule has 2 aromatic heterocycles. The van der Waals surface area contributed by atoms with Gasteiger partial charge in [0, 0.05) is 25.4 Å². The van der Waals surface area contributed by atoms with Gasteiger partial charge in [-0.15, -0.1) is 0 Å². The maximum absolute atomic E-state index is 10.9. The second-order valence-electron chi connectivity index (χ2n) is 6.76. The number of rotatable bonds is 7. The van der Waals surface area contributed by atoms with Crippen LogP contribution in [0.3, 0.4) is 0 Å². The number of carbonyl (C=O) groups is 1. The molecule has 0 bridgehead atoms. The van der Waals surface area contributed by atoms with Crippen LogP contribution in [0.25, 0.3) is 11.0 Å². The molecule has 30 heavy (non-hydrogen) atoms. The number of carbonyl (C=O) groups excluding carboxylic acids is 1. The molecule has 2 aromatic carbocycles. The number of H-pyrrole nitrogens is 1. The summed E-state index contributed by atoms with van der Waals surface area (Å²) >= 11 is 0. The van der Waals surface area contributed by atoms with Gasteiger partial charge in [-0.25, -0.2) is 9.97 Å². The molecule has 0 saturated heterocycles. The van der Waals surface area contributed by atoms with Crippen molar-refractivity contribution in [3.8, 4) is 17.2 Å². The largest absolute Gasteiger partial charge is 0.495 e. The van der Waals surface area contributed by atoms with Crippen LogP contribution < -0.4 is 19.7 Å². The summed E-state index contributed by atoms with van der Waals surface area (Å²) in [5.74, 6) is 3.06. The Hall–Kier alpha value is -4.07. The summed E-state index contributed by atoms with van der Waals surface area (Å²) in [7, 11) is 3.27. The van der Waals surface area contributed by atoms with E-state index in [0.717, 1.165) is 28.0 Å². The fraction of sp³-hybridized carbons (Fsp3) is 0.136. The molecule has 0 unspecified atom stereocenters. The highest BCUT2D eigenvalue weighted by atomic mass is 16.5. The van der Waals surface area contributed by atoms with Crippen molar-refractivity contribution in [3.63, 3.8) is 0 Å². The van der Waals surface area contributed by atoms with E-state index in [1.165, 1.54) is 4.90 Å². The number of nitrogens with one attached hydrogen (secondary N) is 2. The van der Waals surface area contributed by atoms with E-state index in [9.17, 15) is 4.79 Å². The molecular weight excluding hydrogens is 382 g/mol. The van der Waals surface area contributed by atoms with Crippen molar-refractivity contribution in [2.75, 3.05) is 24.4 Å². The molecule has 8 nitrogen and oxygen atoms in total. The van der Waals surface area contributed by atoms with Gasteiger partial charge in [-0.3, -0.25) is 4.79 Å². The van der Waals surface area contributed by atoms with Crippen molar-refractivity contribution in [2.45, 2.75) is 6.92 Å². The van der Waals surface area contributed by atoms with Gasteiger partial charge in [0.25, 0.3) is 0 Å². The Bertz CT molecular complexity index is 1200. The van der Waals surface area contributed by atoms with Gasteiger partial charge in [-0.1, -0.05) is 6.07 Å². The number of fused-ring (bicyclic) bond motifs is 1. The van der Waals surface area contributed by atoms with Crippen molar-refractivity contribution in [1.29, 1.82) is 0 Å². The number of benzene rings is 2. The number of hydrogen-bond acceptors (Lipinski definition) is 6. The summed E-state index contributed by atoms with van der Waals surface area (Å²) in [6.45, 7) is 2.02. The van der Waals surface area contributed by atoms with Crippen LogP contribution >= 0.6 is 0 Å². The Balaban J connectivity index is 1.57. The molecule has 2 N–H and O–H groups in total. The number of imidazole rings is 1. The van der Waals surface area contributed by atoms with E-state index in [1.807, 2.05) is 43.3 Å². The third kappa shape index (κ3) is 4.02. The van der Waals surface area contributed by atoms with E-state index in [4.69, 9.17) is 9.47 Å². The number of ether oxygens (including phenoxy) is 2. The molecule has 0 fully saturated rings. The lowest BCUT2D eigenvalue weighted by Gasteiger charge is -2.11. The quantitative estimate of drug-likeness (QED) is 0.444. The Kier molecular flexibility index (Phi) is 5.21. The molecule has 4 rings (SSSR count). The summed E-state index contributed by atoms with van der Waals surface area (Å²) in [6, 6.07) is 14.9. The van der Waals surface area contributed by atoms with Crippen LogP contribution in [0.4, 0.5) is 17.5 Å². The van der Waals surface area contributed by atoms with Crippen LogP contribution in [-0.2, 0) is 4.79 Å². The molecule has 0 spiro atoms. The minimum Gasteiger partial charge on any atom is -0.495 e. The number of hydrogen-bond donors (Lipinski definition) is 2. The van der Waals surface area contributed by atoms with Crippen molar-refractivity contribution in [1.82, 2.24) is 15.0 Å². The number of aryl methyl sites for hydroxylation is 1. The zero-order valence-corrected chi connectivity index (χ0v) is 16.8. The average molecular weight is 403 g/mol. The molecule has 152 valence electrons. The smallest absolute Gasteiger partial charge is 0.215 e. The first-order valence-corrected chi connectivity index (χ1v) is 9.29. The summed E-state index contributed by atoms with van der Waals surface area (Å²) in [5.41, 5.74) is 3.56. The van der Waals surface area contributed by atoms with Crippen LogP contribution in [0.2, 0.25) is 0 Å². The second kappa shape index (κ2) is 8.12. The van der Waals surface area contributed by atoms with Gasteiger partial charge >= 0.3 is 0 Å². The van der Waals surface area contributed by atoms with E-state index in [-0.39, 0.29) is 0 Å². The normalized spacial score (nSPS) is 10.6. The molecule has 8 heteroatoms. The first-order valence-electron chi connectivity index (χ1n) is 9.29. The summed E-state index contributed by atoms with van der Waals surface area (Å²) < 4.78 is 11.3. The topological polar surface area (TPSA) is 92.4 Å². The van der Waals surface area contributed by atoms with Gasteiger partial charge in [-0.2, -0.15) is 0 Å². The summed E-state index contributed by atoms with van der Waals surface area (Å²) in [6.07, 6.45) is 2.29. The number of amides is 1. The maximum atomic E-state index is 10.9. The molecule has 2 heterocycles. The van der Waals surface area contributed by atoms with E-state index in [2.05, 4.69) is 20.3 Å². The van der Waals surface area contributed by atoms with Crippen molar-refractivity contribution in [2.24, 2.45) is 0 Å².